The number of carbonyl (C=O) groups excluding carboxylic acids is 1. The lowest BCUT2D eigenvalue weighted by molar-refractivity contribution is 0.152. The highest BCUT2D eigenvalue weighted by molar-refractivity contribution is 5.77. The van der Waals surface area contributed by atoms with Crippen LogP contribution in [0.25, 0.3) is 0 Å². The number of carbonyl (C=O) groups is 1. The molecule has 0 aromatic carbocycles. The SMILES string of the molecule is CN1C[C@H]2C[C@@H]1CN2C(=O)n1ccnc1. The third-order valence-electron chi connectivity index (χ3n) is 3.49. The van der Waals surface area contributed by atoms with Crippen molar-refractivity contribution < 1.29 is 4.79 Å². The number of fused-ring (bicyclic) bond motifs is 2. The fraction of sp³-hybridized carbons (Fsp3) is 0.600. The maximum absolute atomic E-state index is 12.0. The Kier molecular flexibility index (Phi) is 1.82. The molecule has 2 bridgehead atoms. The van der Waals surface area contributed by atoms with Gasteiger partial charge in [0.15, 0.2) is 0 Å². The molecule has 2 saturated heterocycles. The van der Waals surface area contributed by atoms with E-state index in [9.17, 15) is 4.79 Å². The molecule has 2 fully saturated rings. The second-order valence-corrected chi connectivity index (χ2v) is 4.39. The number of hydrogen-bond donors (Lipinski definition) is 0. The number of likely N-dealkylation sites (tertiary alicyclic amines) is 2. The van der Waals surface area contributed by atoms with Gasteiger partial charge in [-0.25, -0.2) is 9.78 Å². The maximum Gasteiger partial charge on any atom is 0.329 e. The molecule has 0 aliphatic carbocycles. The van der Waals surface area contributed by atoms with Crippen molar-refractivity contribution in [3.8, 4) is 0 Å². The van der Waals surface area contributed by atoms with Gasteiger partial charge >= 0.3 is 6.03 Å². The Hall–Kier alpha value is -1.36. The number of aromatic nitrogens is 2. The molecule has 3 heterocycles. The summed E-state index contributed by atoms with van der Waals surface area (Å²) in [6.45, 7) is 1.86. The van der Waals surface area contributed by atoms with E-state index in [1.54, 1.807) is 23.3 Å². The summed E-state index contributed by atoms with van der Waals surface area (Å²) in [5.41, 5.74) is 0. The Morgan fingerprint density at radius 2 is 2.27 bits per heavy atom. The van der Waals surface area contributed by atoms with Crippen molar-refractivity contribution in [2.45, 2.75) is 18.5 Å². The number of hydrogen-bond acceptors (Lipinski definition) is 3. The molecule has 1 amide bonds. The van der Waals surface area contributed by atoms with Gasteiger partial charge in [0.2, 0.25) is 0 Å². The van der Waals surface area contributed by atoms with Gasteiger partial charge in [0.1, 0.15) is 6.33 Å². The van der Waals surface area contributed by atoms with Gasteiger partial charge in [-0.3, -0.25) is 9.47 Å². The Bertz CT molecular complexity index is 373. The van der Waals surface area contributed by atoms with Crippen molar-refractivity contribution in [2.75, 3.05) is 20.1 Å². The largest absolute Gasteiger partial charge is 0.329 e. The molecular formula is C10H14N4O. The van der Waals surface area contributed by atoms with Gasteiger partial charge in [0.05, 0.1) is 0 Å². The molecule has 15 heavy (non-hydrogen) atoms. The molecule has 0 N–H and O–H groups in total. The van der Waals surface area contributed by atoms with Crippen molar-refractivity contribution in [3.63, 3.8) is 0 Å². The molecule has 0 unspecified atom stereocenters. The topological polar surface area (TPSA) is 41.4 Å². The van der Waals surface area contributed by atoms with Crippen LogP contribution in [0.4, 0.5) is 4.79 Å². The second-order valence-electron chi connectivity index (χ2n) is 4.39. The highest BCUT2D eigenvalue weighted by atomic mass is 16.2. The van der Waals surface area contributed by atoms with Crippen LogP contribution in [-0.2, 0) is 0 Å². The summed E-state index contributed by atoms with van der Waals surface area (Å²) in [6, 6.07) is 1.02. The van der Waals surface area contributed by atoms with E-state index in [4.69, 9.17) is 0 Å². The van der Waals surface area contributed by atoms with Crippen LogP contribution in [-0.4, -0.2) is 57.6 Å². The zero-order valence-corrected chi connectivity index (χ0v) is 8.71. The van der Waals surface area contributed by atoms with E-state index >= 15 is 0 Å². The van der Waals surface area contributed by atoms with Crippen molar-refractivity contribution in [1.82, 2.24) is 19.4 Å². The van der Waals surface area contributed by atoms with E-state index < -0.39 is 0 Å². The molecule has 0 radical (unpaired) electrons. The molecule has 0 spiro atoms. The fourth-order valence-corrected chi connectivity index (χ4v) is 2.62. The summed E-state index contributed by atoms with van der Waals surface area (Å²) in [6.07, 6.45) is 6.03. The average molecular weight is 206 g/mol. The number of amides is 1. The van der Waals surface area contributed by atoms with Crippen molar-refractivity contribution in [2.24, 2.45) is 0 Å². The van der Waals surface area contributed by atoms with Crippen LogP contribution in [0.3, 0.4) is 0 Å². The van der Waals surface area contributed by atoms with Crippen LogP contribution < -0.4 is 0 Å². The van der Waals surface area contributed by atoms with Gasteiger partial charge in [-0.2, -0.15) is 0 Å². The molecule has 2 aliphatic heterocycles. The number of nitrogens with zero attached hydrogens (tertiary/aromatic N) is 4. The van der Waals surface area contributed by atoms with Crippen LogP contribution in [0.15, 0.2) is 18.7 Å². The van der Waals surface area contributed by atoms with E-state index in [1.807, 2.05) is 4.90 Å². The Balaban J connectivity index is 1.78. The third-order valence-corrected chi connectivity index (χ3v) is 3.49. The molecule has 3 rings (SSSR count). The van der Waals surface area contributed by atoms with Gasteiger partial charge in [-0.15, -0.1) is 0 Å². The third kappa shape index (κ3) is 1.26. The van der Waals surface area contributed by atoms with Crippen LogP contribution >= 0.6 is 0 Å². The zero-order valence-electron chi connectivity index (χ0n) is 8.71. The van der Waals surface area contributed by atoms with Crippen molar-refractivity contribution in [3.05, 3.63) is 18.7 Å². The fourth-order valence-electron chi connectivity index (χ4n) is 2.62. The first kappa shape index (κ1) is 8.91. The van der Waals surface area contributed by atoms with E-state index in [2.05, 4.69) is 16.9 Å². The van der Waals surface area contributed by atoms with Gasteiger partial charge in [0.25, 0.3) is 0 Å². The lowest BCUT2D eigenvalue weighted by Gasteiger charge is -2.31. The summed E-state index contributed by atoms with van der Waals surface area (Å²) >= 11 is 0. The first-order valence-corrected chi connectivity index (χ1v) is 5.25. The molecule has 2 atom stereocenters. The quantitative estimate of drug-likeness (QED) is 0.610. The van der Waals surface area contributed by atoms with Crippen LogP contribution in [0.5, 0.6) is 0 Å². The van der Waals surface area contributed by atoms with E-state index in [-0.39, 0.29) is 6.03 Å². The van der Waals surface area contributed by atoms with Gasteiger partial charge in [-0.05, 0) is 13.5 Å². The molecule has 80 valence electrons. The number of piperazine rings is 1. The van der Waals surface area contributed by atoms with Crippen LogP contribution in [0, 0.1) is 0 Å². The molecule has 5 nitrogen and oxygen atoms in total. The molecule has 1 aromatic heterocycles. The predicted octanol–water partition coefficient (Wildman–Crippen LogP) is 0.239. The highest BCUT2D eigenvalue weighted by Crippen LogP contribution is 2.29. The standard InChI is InChI=1S/C10H14N4O/c1-12-5-9-4-8(12)6-14(9)10(15)13-3-2-11-7-13/h2-3,7-9H,4-6H2,1H3/t8-,9-/m1/s1. The Morgan fingerprint density at radius 1 is 1.40 bits per heavy atom. The molecule has 2 aliphatic rings. The normalized spacial score (nSPS) is 30.1. The minimum Gasteiger partial charge on any atom is -0.318 e. The monoisotopic (exact) mass is 206 g/mol. The molecule has 0 saturated carbocycles. The van der Waals surface area contributed by atoms with Crippen LogP contribution in [0.1, 0.15) is 6.42 Å². The number of likely N-dealkylation sites (N-methyl/N-ethyl adjacent to an activating group) is 1. The number of imidazole rings is 1. The molecule has 1 aromatic rings. The Morgan fingerprint density at radius 3 is 2.80 bits per heavy atom. The van der Waals surface area contributed by atoms with Crippen LogP contribution in [0.2, 0.25) is 0 Å². The summed E-state index contributed by atoms with van der Waals surface area (Å²) in [7, 11) is 2.13. The first-order valence-electron chi connectivity index (χ1n) is 5.25. The second kappa shape index (κ2) is 3.06. The van der Waals surface area contributed by atoms with E-state index in [0.29, 0.717) is 12.1 Å². The average Bonchev–Trinajstić information content (AvgIpc) is 2.91. The lowest BCUT2D eigenvalue weighted by atomic mass is 10.2. The zero-order chi connectivity index (χ0) is 10.4. The summed E-state index contributed by atoms with van der Waals surface area (Å²) in [4.78, 5) is 20.2. The minimum atomic E-state index is 0.0631. The molecular weight excluding hydrogens is 192 g/mol. The van der Waals surface area contributed by atoms with E-state index in [0.717, 1.165) is 19.5 Å². The van der Waals surface area contributed by atoms with Gasteiger partial charge in [0, 0.05) is 37.6 Å². The first-order chi connectivity index (χ1) is 7.25. The van der Waals surface area contributed by atoms with E-state index in [1.165, 1.54) is 0 Å². The van der Waals surface area contributed by atoms with Crippen molar-refractivity contribution >= 4 is 6.03 Å². The maximum atomic E-state index is 12.0. The smallest absolute Gasteiger partial charge is 0.318 e. The lowest BCUT2D eigenvalue weighted by Crippen LogP contribution is -2.48. The highest BCUT2D eigenvalue weighted by Gasteiger charge is 2.43. The number of rotatable bonds is 0. The molecule has 5 heteroatoms. The summed E-state index contributed by atoms with van der Waals surface area (Å²) < 4.78 is 1.56. The predicted molar refractivity (Wildman–Crippen MR) is 54.6 cm³/mol. The summed E-state index contributed by atoms with van der Waals surface area (Å²) in [5, 5.41) is 0. The van der Waals surface area contributed by atoms with Gasteiger partial charge in [-0.1, -0.05) is 0 Å². The Labute approximate surface area is 88.3 Å². The summed E-state index contributed by atoms with van der Waals surface area (Å²) in [5.74, 6) is 0. The van der Waals surface area contributed by atoms with Gasteiger partial charge < -0.3 is 4.90 Å². The minimum absolute atomic E-state index is 0.0631. The van der Waals surface area contributed by atoms with Crippen molar-refractivity contribution in [1.29, 1.82) is 0 Å².